The molecule has 2 aromatic rings. The molecule has 0 saturated carbocycles. The zero-order valence-electron chi connectivity index (χ0n) is 24.5. The summed E-state index contributed by atoms with van der Waals surface area (Å²) in [6.45, 7) is -0.540. The minimum atomic E-state index is -1.48. The lowest BCUT2D eigenvalue weighted by Gasteiger charge is -2.36. The summed E-state index contributed by atoms with van der Waals surface area (Å²) >= 11 is 0. The first-order valence-corrected chi connectivity index (χ1v) is 13.4. The van der Waals surface area contributed by atoms with Crippen LogP contribution in [0.1, 0.15) is 23.3 Å². The van der Waals surface area contributed by atoms with Gasteiger partial charge in [0, 0.05) is 18.4 Å². The third-order valence-electron chi connectivity index (χ3n) is 7.77. The average Bonchev–Trinajstić information content (AvgIpc) is 3.40. The molecule has 0 spiro atoms. The number of hydrogen-bond donors (Lipinski definition) is 4. The molecule has 234 valence electrons. The van der Waals surface area contributed by atoms with Gasteiger partial charge >= 0.3 is 0 Å². The molecule has 42 heavy (non-hydrogen) atoms. The van der Waals surface area contributed by atoms with Gasteiger partial charge in [-0.25, -0.2) is 0 Å². The van der Waals surface area contributed by atoms with Crippen molar-refractivity contribution in [3.8, 4) is 34.5 Å². The van der Waals surface area contributed by atoms with Crippen LogP contribution in [0.15, 0.2) is 24.3 Å². The Morgan fingerprint density at radius 3 is 1.52 bits per heavy atom. The zero-order chi connectivity index (χ0) is 30.6. The van der Waals surface area contributed by atoms with Crippen molar-refractivity contribution >= 4 is 0 Å². The second kappa shape index (κ2) is 14.0. The van der Waals surface area contributed by atoms with Gasteiger partial charge in [0.2, 0.25) is 11.5 Å². The molecule has 0 amide bonds. The van der Waals surface area contributed by atoms with Crippen molar-refractivity contribution in [2.75, 3.05) is 62.5 Å². The minimum Gasteiger partial charge on any atom is -0.493 e. The Balaban J connectivity index is 1.76. The first kappa shape index (κ1) is 31.9. The van der Waals surface area contributed by atoms with Crippen molar-refractivity contribution in [3.05, 3.63) is 35.4 Å². The highest BCUT2D eigenvalue weighted by atomic mass is 16.7. The van der Waals surface area contributed by atoms with Gasteiger partial charge in [-0.05, 0) is 35.4 Å². The van der Waals surface area contributed by atoms with Gasteiger partial charge in [-0.2, -0.15) is 0 Å². The van der Waals surface area contributed by atoms with Crippen molar-refractivity contribution < 1.29 is 63.1 Å². The maximum atomic E-state index is 10.7. The molecule has 2 saturated heterocycles. The fraction of sp³-hybridized carbons (Fsp3) is 0.586. The van der Waals surface area contributed by atoms with Gasteiger partial charge in [-0.3, -0.25) is 0 Å². The third-order valence-corrected chi connectivity index (χ3v) is 7.77. The second-order valence-corrected chi connectivity index (χ2v) is 9.99. The van der Waals surface area contributed by atoms with Crippen LogP contribution in [-0.2, 0) is 14.2 Å². The number of aliphatic hydroxyl groups is 4. The maximum absolute atomic E-state index is 10.7. The first-order valence-electron chi connectivity index (χ1n) is 13.4. The van der Waals surface area contributed by atoms with Crippen LogP contribution in [0.2, 0.25) is 0 Å². The van der Waals surface area contributed by atoms with Gasteiger partial charge in [0.25, 0.3) is 0 Å². The molecule has 2 heterocycles. The van der Waals surface area contributed by atoms with E-state index in [0.717, 1.165) is 0 Å². The van der Waals surface area contributed by atoms with E-state index in [4.69, 9.17) is 42.6 Å². The van der Waals surface area contributed by atoms with Gasteiger partial charge in [0.15, 0.2) is 29.3 Å². The zero-order valence-corrected chi connectivity index (χ0v) is 24.5. The van der Waals surface area contributed by atoms with Crippen molar-refractivity contribution in [2.45, 2.75) is 36.8 Å². The summed E-state index contributed by atoms with van der Waals surface area (Å²) in [6, 6.07) is 7.04. The number of aliphatic hydroxyl groups excluding tert-OH is 4. The molecule has 4 N–H and O–H groups in total. The molecule has 13 nitrogen and oxygen atoms in total. The smallest absolute Gasteiger partial charge is 0.203 e. The molecule has 0 aromatic heterocycles. The van der Waals surface area contributed by atoms with Gasteiger partial charge in [0.05, 0.1) is 68.1 Å². The van der Waals surface area contributed by atoms with Crippen LogP contribution in [0.3, 0.4) is 0 Å². The standard InChI is InChI=1S/C29H40O13/c1-34-19-7-14(8-20(35-2)27(19)38-5)25-16(11-30)17(12-40-29-24(33)23(32)18(31)13-41-29)26(42-25)15-9-21(36-3)28(39-6)22(10-15)37-4/h7-10,16-18,23-26,29-33H,11-13H2,1-6H3. The summed E-state index contributed by atoms with van der Waals surface area (Å²) < 4.78 is 51.2. The highest BCUT2D eigenvalue weighted by Crippen LogP contribution is 2.53. The van der Waals surface area contributed by atoms with Crippen LogP contribution in [0.4, 0.5) is 0 Å². The Hall–Kier alpha value is -3.04. The summed E-state index contributed by atoms with van der Waals surface area (Å²) in [5.41, 5.74) is 1.32. The SMILES string of the molecule is COc1cc(C2OC(c3cc(OC)c(OC)c(OC)c3)C(COC3OCC(O)C(O)C3O)C2CO)cc(OC)c1OC. The van der Waals surface area contributed by atoms with Gasteiger partial charge < -0.3 is 63.1 Å². The lowest BCUT2D eigenvalue weighted by Crippen LogP contribution is -2.54. The monoisotopic (exact) mass is 596 g/mol. The van der Waals surface area contributed by atoms with E-state index in [0.29, 0.717) is 45.6 Å². The highest BCUT2D eigenvalue weighted by molar-refractivity contribution is 5.56. The summed E-state index contributed by atoms with van der Waals surface area (Å²) in [5.74, 6) is 1.46. The van der Waals surface area contributed by atoms with Crippen molar-refractivity contribution in [1.29, 1.82) is 0 Å². The molecule has 0 radical (unpaired) electrons. The number of methoxy groups -OCH3 is 6. The Morgan fingerprint density at radius 1 is 0.667 bits per heavy atom. The molecule has 2 fully saturated rings. The molecule has 8 unspecified atom stereocenters. The number of hydrogen-bond acceptors (Lipinski definition) is 13. The molecular formula is C29H40O13. The average molecular weight is 597 g/mol. The van der Waals surface area contributed by atoms with Crippen molar-refractivity contribution in [3.63, 3.8) is 0 Å². The molecule has 0 bridgehead atoms. The number of ether oxygens (including phenoxy) is 9. The largest absolute Gasteiger partial charge is 0.493 e. The third kappa shape index (κ3) is 6.04. The molecule has 4 rings (SSSR count). The van der Waals surface area contributed by atoms with Crippen LogP contribution in [0, 0.1) is 11.8 Å². The Kier molecular flexibility index (Phi) is 10.6. The van der Waals surface area contributed by atoms with Crippen LogP contribution in [-0.4, -0.2) is 108 Å². The predicted octanol–water partition coefficient (Wildman–Crippen LogP) is 1.23. The van der Waals surface area contributed by atoms with E-state index in [2.05, 4.69) is 0 Å². The quantitative estimate of drug-likeness (QED) is 0.277. The summed E-state index contributed by atoms with van der Waals surface area (Å²) in [7, 11) is 9.05. The molecule has 13 heteroatoms. The van der Waals surface area contributed by atoms with Crippen LogP contribution >= 0.6 is 0 Å². The minimum absolute atomic E-state index is 0.0436. The first-order chi connectivity index (χ1) is 20.3. The van der Waals surface area contributed by atoms with E-state index in [1.165, 1.54) is 42.7 Å². The Labute approximate surface area is 244 Å². The molecule has 2 aliphatic rings. The topological polar surface area (TPSA) is 164 Å². The normalized spacial score (nSPS) is 29.2. The molecule has 2 aliphatic heterocycles. The Bertz CT molecular complexity index is 1140. The van der Waals surface area contributed by atoms with Gasteiger partial charge in [0.1, 0.15) is 18.3 Å². The van der Waals surface area contributed by atoms with Gasteiger partial charge in [-0.15, -0.1) is 0 Å². The lowest BCUT2D eigenvalue weighted by atomic mass is 9.83. The lowest BCUT2D eigenvalue weighted by molar-refractivity contribution is -0.274. The fourth-order valence-corrected chi connectivity index (χ4v) is 5.57. The van der Waals surface area contributed by atoms with E-state index in [1.807, 2.05) is 0 Å². The van der Waals surface area contributed by atoms with Crippen LogP contribution in [0.25, 0.3) is 0 Å². The maximum Gasteiger partial charge on any atom is 0.203 e. The van der Waals surface area contributed by atoms with Crippen molar-refractivity contribution in [2.24, 2.45) is 11.8 Å². The summed E-state index contributed by atoms with van der Waals surface area (Å²) in [5, 5.41) is 41.1. The van der Waals surface area contributed by atoms with E-state index in [-0.39, 0.29) is 19.8 Å². The molecule has 2 aromatic carbocycles. The van der Waals surface area contributed by atoms with E-state index >= 15 is 0 Å². The summed E-state index contributed by atoms with van der Waals surface area (Å²) in [6.07, 6.45) is -6.69. The van der Waals surface area contributed by atoms with Crippen LogP contribution < -0.4 is 28.4 Å². The van der Waals surface area contributed by atoms with E-state index in [1.54, 1.807) is 24.3 Å². The highest BCUT2D eigenvalue weighted by Gasteiger charge is 2.48. The molecular weight excluding hydrogens is 556 g/mol. The summed E-state index contributed by atoms with van der Waals surface area (Å²) in [4.78, 5) is 0. The fourth-order valence-electron chi connectivity index (χ4n) is 5.57. The molecule has 8 atom stereocenters. The predicted molar refractivity (Wildman–Crippen MR) is 147 cm³/mol. The number of rotatable bonds is 12. The van der Waals surface area contributed by atoms with Crippen LogP contribution in [0.5, 0.6) is 34.5 Å². The van der Waals surface area contributed by atoms with Gasteiger partial charge in [-0.1, -0.05) is 0 Å². The van der Waals surface area contributed by atoms with Crippen molar-refractivity contribution in [1.82, 2.24) is 0 Å². The second-order valence-electron chi connectivity index (χ2n) is 9.99. The number of benzene rings is 2. The van der Waals surface area contributed by atoms with E-state index < -0.39 is 48.6 Å². The Morgan fingerprint density at radius 2 is 1.12 bits per heavy atom. The molecule has 0 aliphatic carbocycles. The van der Waals surface area contributed by atoms with E-state index in [9.17, 15) is 20.4 Å².